The Labute approximate surface area is 112 Å². The molecular formula is C12H11N3O3S. The molecule has 0 bridgehead atoms. The summed E-state index contributed by atoms with van der Waals surface area (Å²) in [4.78, 5) is 28.7. The van der Waals surface area contributed by atoms with Crippen molar-refractivity contribution in [3.63, 3.8) is 0 Å². The lowest BCUT2D eigenvalue weighted by molar-refractivity contribution is -0.128. The molecule has 1 aliphatic heterocycles. The first-order chi connectivity index (χ1) is 9.13. The standard InChI is InChI=1S/C12H11N3O3S/c13-7-1-2-9-8(5-7)14-10(18-9)6-15-11(16)3-4-19-12(15)17/h1-2,5H,3-4,6,13H2. The molecule has 2 N–H and O–H groups in total. The van der Waals surface area contributed by atoms with Gasteiger partial charge in [-0.25, -0.2) is 4.98 Å². The molecule has 0 radical (unpaired) electrons. The Morgan fingerprint density at radius 1 is 1.42 bits per heavy atom. The van der Waals surface area contributed by atoms with E-state index < -0.39 is 0 Å². The van der Waals surface area contributed by atoms with Crippen molar-refractivity contribution in [2.75, 3.05) is 11.5 Å². The van der Waals surface area contributed by atoms with Gasteiger partial charge < -0.3 is 10.2 Å². The number of rotatable bonds is 2. The van der Waals surface area contributed by atoms with Crippen molar-refractivity contribution in [2.45, 2.75) is 13.0 Å². The Morgan fingerprint density at radius 2 is 2.26 bits per heavy atom. The highest BCUT2D eigenvalue weighted by Gasteiger charge is 2.28. The Kier molecular flexibility index (Phi) is 2.90. The second-order valence-electron chi connectivity index (χ2n) is 4.18. The van der Waals surface area contributed by atoms with Crippen molar-refractivity contribution in [3.8, 4) is 0 Å². The van der Waals surface area contributed by atoms with Crippen LogP contribution < -0.4 is 5.73 Å². The Hall–Kier alpha value is -2.02. The van der Waals surface area contributed by atoms with Crippen LogP contribution in [0.15, 0.2) is 22.6 Å². The van der Waals surface area contributed by atoms with Crippen LogP contribution in [0.2, 0.25) is 0 Å². The fourth-order valence-corrected chi connectivity index (χ4v) is 2.66. The number of hydrogen-bond donors (Lipinski definition) is 1. The van der Waals surface area contributed by atoms with Gasteiger partial charge in [0.15, 0.2) is 5.58 Å². The second-order valence-corrected chi connectivity index (χ2v) is 5.23. The molecule has 1 aliphatic rings. The highest BCUT2D eigenvalue weighted by atomic mass is 32.2. The summed E-state index contributed by atoms with van der Waals surface area (Å²) in [6.45, 7) is 0.0687. The number of nitrogens with zero attached hydrogens (tertiary/aromatic N) is 2. The van der Waals surface area contributed by atoms with Gasteiger partial charge in [-0.15, -0.1) is 0 Å². The van der Waals surface area contributed by atoms with Gasteiger partial charge >= 0.3 is 0 Å². The summed E-state index contributed by atoms with van der Waals surface area (Å²) < 4.78 is 5.50. The number of aromatic nitrogens is 1. The van der Waals surface area contributed by atoms with Crippen LogP contribution in [-0.2, 0) is 11.3 Å². The van der Waals surface area contributed by atoms with E-state index in [-0.39, 0.29) is 17.7 Å². The molecule has 19 heavy (non-hydrogen) atoms. The number of imide groups is 1. The lowest BCUT2D eigenvalue weighted by atomic mass is 10.3. The molecule has 0 saturated carbocycles. The quantitative estimate of drug-likeness (QED) is 0.844. The highest BCUT2D eigenvalue weighted by molar-refractivity contribution is 8.13. The Balaban J connectivity index is 1.88. The summed E-state index contributed by atoms with van der Waals surface area (Å²) >= 11 is 1.14. The second kappa shape index (κ2) is 4.58. The molecule has 7 heteroatoms. The summed E-state index contributed by atoms with van der Waals surface area (Å²) in [6.07, 6.45) is 0.365. The lowest BCUT2D eigenvalue weighted by Crippen LogP contribution is -2.37. The number of hydrogen-bond acceptors (Lipinski definition) is 6. The predicted octanol–water partition coefficient (Wildman–Crippen LogP) is 2.00. The molecule has 6 nitrogen and oxygen atoms in total. The van der Waals surface area contributed by atoms with E-state index in [1.807, 2.05) is 0 Å². The van der Waals surface area contributed by atoms with Crippen LogP contribution in [0.1, 0.15) is 12.3 Å². The average Bonchev–Trinajstić information content (AvgIpc) is 2.75. The number of carbonyl (C=O) groups is 2. The molecular weight excluding hydrogens is 266 g/mol. The number of nitrogens with two attached hydrogens (primary N) is 1. The summed E-state index contributed by atoms with van der Waals surface area (Å²) in [7, 11) is 0. The topological polar surface area (TPSA) is 89.4 Å². The van der Waals surface area contributed by atoms with Crippen LogP contribution in [0.5, 0.6) is 0 Å². The van der Waals surface area contributed by atoms with Crippen LogP contribution in [0, 0.1) is 0 Å². The minimum absolute atomic E-state index is 0.0687. The van der Waals surface area contributed by atoms with Gasteiger partial charge in [-0.3, -0.25) is 14.5 Å². The van der Waals surface area contributed by atoms with Crippen molar-refractivity contribution < 1.29 is 14.0 Å². The van der Waals surface area contributed by atoms with E-state index in [2.05, 4.69) is 4.98 Å². The zero-order valence-corrected chi connectivity index (χ0v) is 10.8. The smallest absolute Gasteiger partial charge is 0.288 e. The molecule has 98 valence electrons. The molecule has 0 unspecified atom stereocenters. The maximum absolute atomic E-state index is 11.7. The van der Waals surface area contributed by atoms with Crippen molar-refractivity contribution in [1.82, 2.24) is 9.88 Å². The van der Waals surface area contributed by atoms with Crippen LogP contribution in [0.4, 0.5) is 10.5 Å². The maximum atomic E-state index is 11.7. The summed E-state index contributed by atoms with van der Waals surface area (Å²) in [6, 6.07) is 5.12. The average molecular weight is 277 g/mol. The largest absolute Gasteiger partial charge is 0.439 e. The normalized spacial score (nSPS) is 16.3. The molecule has 2 aromatic rings. The van der Waals surface area contributed by atoms with Crippen molar-refractivity contribution in [3.05, 3.63) is 24.1 Å². The number of thioether (sulfide) groups is 1. The van der Waals surface area contributed by atoms with Gasteiger partial charge in [-0.1, -0.05) is 11.8 Å². The molecule has 1 aromatic carbocycles. The van der Waals surface area contributed by atoms with Crippen molar-refractivity contribution >= 4 is 39.7 Å². The first-order valence-electron chi connectivity index (χ1n) is 5.75. The number of anilines is 1. The number of amides is 2. The van der Waals surface area contributed by atoms with Crippen LogP contribution in [-0.4, -0.2) is 26.8 Å². The minimum Gasteiger partial charge on any atom is -0.439 e. The molecule has 2 amide bonds. The first kappa shape index (κ1) is 12.0. The third kappa shape index (κ3) is 2.28. The fourth-order valence-electron chi connectivity index (χ4n) is 1.89. The summed E-state index contributed by atoms with van der Waals surface area (Å²) in [5.41, 5.74) is 7.46. The molecule has 3 rings (SSSR count). The van der Waals surface area contributed by atoms with Gasteiger partial charge in [-0.2, -0.15) is 0 Å². The molecule has 1 aromatic heterocycles. The molecule has 0 atom stereocenters. The van der Waals surface area contributed by atoms with Crippen LogP contribution in [0.3, 0.4) is 0 Å². The third-order valence-electron chi connectivity index (χ3n) is 2.81. The van der Waals surface area contributed by atoms with Gasteiger partial charge in [0.25, 0.3) is 5.24 Å². The van der Waals surface area contributed by atoms with E-state index in [0.29, 0.717) is 34.9 Å². The zero-order valence-electron chi connectivity index (χ0n) is 9.96. The Bertz CT molecular complexity index is 651. The fraction of sp³-hybridized carbons (Fsp3) is 0.250. The maximum Gasteiger partial charge on any atom is 0.288 e. The van der Waals surface area contributed by atoms with Gasteiger partial charge in [0, 0.05) is 17.9 Å². The molecule has 2 heterocycles. The number of benzene rings is 1. The van der Waals surface area contributed by atoms with E-state index in [4.69, 9.17) is 10.2 Å². The van der Waals surface area contributed by atoms with E-state index in [1.165, 1.54) is 4.90 Å². The van der Waals surface area contributed by atoms with E-state index in [9.17, 15) is 9.59 Å². The van der Waals surface area contributed by atoms with Crippen LogP contribution >= 0.6 is 11.8 Å². The van der Waals surface area contributed by atoms with Gasteiger partial charge in [0.1, 0.15) is 12.1 Å². The summed E-state index contributed by atoms with van der Waals surface area (Å²) in [5, 5.41) is -0.252. The van der Waals surface area contributed by atoms with Crippen molar-refractivity contribution in [2.24, 2.45) is 0 Å². The van der Waals surface area contributed by atoms with Crippen molar-refractivity contribution in [1.29, 1.82) is 0 Å². The van der Waals surface area contributed by atoms with E-state index >= 15 is 0 Å². The number of oxazole rings is 1. The molecule has 1 fully saturated rings. The lowest BCUT2D eigenvalue weighted by Gasteiger charge is -2.22. The molecule has 1 saturated heterocycles. The highest BCUT2D eigenvalue weighted by Crippen LogP contribution is 2.23. The SMILES string of the molecule is Nc1ccc2oc(CN3C(=O)CCSC3=O)nc2c1. The number of nitrogen functional groups attached to an aromatic ring is 1. The minimum atomic E-state index is -0.252. The summed E-state index contributed by atoms with van der Waals surface area (Å²) in [5.74, 6) is 0.688. The number of fused-ring (bicyclic) bond motifs is 1. The first-order valence-corrected chi connectivity index (χ1v) is 6.74. The predicted molar refractivity (Wildman–Crippen MR) is 71.4 cm³/mol. The molecule has 0 spiro atoms. The van der Waals surface area contributed by atoms with Gasteiger partial charge in [0.05, 0.1) is 0 Å². The zero-order chi connectivity index (χ0) is 13.4. The number of carbonyl (C=O) groups excluding carboxylic acids is 2. The van der Waals surface area contributed by atoms with Crippen LogP contribution in [0.25, 0.3) is 11.1 Å². The van der Waals surface area contributed by atoms with Gasteiger partial charge in [-0.05, 0) is 18.2 Å². The van der Waals surface area contributed by atoms with E-state index in [1.54, 1.807) is 18.2 Å². The molecule has 0 aliphatic carbocycles. The van der Waals surface area contributed by atoms with Gasteiger partial charge in [0.2, 0.25) is 11.8 Å². The third-order valence-corrected chi connectivity index (χ3v) is 3.69. The monoisotopic (exact) mass is 277 g/mol. The van der Waals surface area contributed by atoms with E-state index in [0.717, 1.165) is 11.8 Å². The Morgan fingerprint density at radius 3 is 3.05 bits per heavy atom.